The maximum absolute atomic E-state index is 6.56. The minimum Gasteiger partial charge on any atom is -0.454 e. The zero-order valence-corrected chi connectivity index (χ0v) is 24.0. The highest BCUT2D eigenvalue weighted by Gasteiger charge is 2.20. The fourth-order valence-electron chi connectivity index (χ4n) is 6.44. The van der Waals surface area contributed by atoms with Crippen LogP contribution in [0.25, 0.3) is 64.0 Å². The number of para-hydroxylation sites is 2. The van der Waals surface area contributed by atoms with Crippen LogP contribution in [0, 0.1) is 0 Å². The molecule has 0 aliphatic carbocycles. The first-order chi connectivity index (χ1) is 21.3. The molecule has 0 saturated heterocycles. The number of anilines is 3. The summed E-state index contributed by atoms with van der Waals surface area (Å²) in [5.74, 6) is 0. The summed E-state index contributed by atoms with van der Waals surface area (Å²) in [5.41, 5.74) is 7.37. The monoisotopic (exact) mass is 567 g/mol. The molecule has 2 nitrogen and oxygen atoms in total. The molecule has 0 bridgehead atoms. The molecule has 0 spiro atoms. The average molecular weight is 568 g/mol. The number of hydrogen-bond acceptors (Lipinski definition) is 3. The van der Waals surface area contributed by atoms with E-state index >= 15 is 0 Å². The van der Waals surface area contributed by atoms with E-state index in [-0.39, 0.29) is 0 Å². The van der Waals surface area contributed by atoms with Crippen molar-refractivity contribution in [1.82, 2.24) is 0 Å². The summed E-state index contributed by atoms with van der Waals surface area (Å²) in [6.45, 7) is 0. The number of fused-ring (bicyclic) bond motifs is 8. The third-order valence-electron chi connectivity index (χ3n) is 8.46. The fraction of sp³-hybridized carbons (Fsp3) is 0. The van der Waals surface area contributed by atoms with Crippen LogP contribution in [-0.4, -0.2) is 0 Å². The van der Waals surface area contributed by atoms with E-state index in [2.05, 4.69) is 144 Å². The molecular formula is C40H25NOS. The molecule has 0 amide bonds. The van der Waals surface area contributed by atoms with Crippen molar-refractivity contribution in [1.29, 1.82) is 0 Å². The molecule has 9 rings (SSSR count). The second-order valence-electron chi connectivity index (χ2n) is 10.9. The summed E-state index contributed by atoms with van der Waals surface area (Å²) in [6, 6.07) is 54.2. The molecule has 0 N–H and O–H groups in total. The van der Waals surface area contributed by atoms with Crippen LogP contribution in [0.4, 0.5) is 17.1 Å². The maximum atomic E-state index is 6.56. The molecule has 0 fully saturated rings. The summed E-state index contributed by atoms with van der Waals surface area (Å²) in [5, 5.41) is 7.37. The highest BCUT2D eigenvalue weighted by Crippen LogP contribution is 2.45. The number of furan rings is 1. The van der Waals surface area contributed by atoms with Gasteiger partial charge in [-0.15, -0.1) is 11.3 Å². The lowest BCUT2D eigenvalue weighted by atomic mass is 10.0. The minimum atomic E-state index is 0.884. The molecule has 43 heavy (non-hydrogen) atoms. The predicted molar refractivity (Wildman–Crippen MR) is 184 cm³/mol. The van der Waals surface area contributed by atoms with E-state index in [0.717, 1.165) is 39.0 Å². The van der Waals surface area contributed by atoms with Gasteiger partial charge in [0.1, 0.15) is 5.58 Å². The van der Waals surface area contributed by atoms with Crippen molar-refractivity contribution in [2.45, 2.75) is 0 Å². The quantitative estimate of drug-likeness (QED) is 0.210. The van der Waals surface area contributed by atoms with Gasteiger partial charge in [-0.3, -0.25) is 0 Å². The Morgan fingerprint density at radius 2 is 1.16 bits per heavy atom. The van der Waals surface area contributed by atoms with Crippen molar-refractivity contribution in [3.63, 3.8) is 0 Å². The van der Waals surface area contributed by atoms with Crippen molar-refractivity contribution < 1.29 is 4.42 Å². The first-order valence-corrected chi connectivity index (χ1v) is 15.3. The highest BCUT2D eigenvalue weighted by atomic mass is 32.1. The normalized spacial score (nSPS) is 11.7. The molecular weight excluding hydrogens is 543 g/mol. The Bertz CT molecular complexity index is 2450. The van der Waals surface area contributed by atoms with Gasteiger partial charge in [-0.2, -0.15) is 0 Å². The van der Waals surface area contributed by atoms with Gasteiger partial charge in [0, 0.05) is 42.3 Å². The van der Waals surface area contributed by atoms with Crippen molar-refractivity contribution in [2.24, 2.45) is 0 Å². The van der Waals surface area contributed by atoms with Crippen molar-refractivity contribution in [3.05, 3.63) is 152 Å². The topological polar surface area (TPSA) is 16.4 Å². The lowest BCUT2D eigenvalue weighted by Crippen LogP contribution is -2.10. The molecule has 0 aliphatic rings. The molecule has 0 radical (unpaired) electrons. The van der Waals surface area contributed by atoms with Gasteiger partial charge in [0.15, 0.2) is 5.58 Å². The summed E-state index contributed by atoms with van der Waals surface area (Å²) in [7, 11) is 0. The molecule has 3 heteroatoms. The molecule has 202 valence electrons. The van der Waals surface area contributed by atoms with Crippen LogP contribution >= 0.6 is 11.3 Å². The van der Waals surface area contributed by atoms with E-state index in [0.29, 0.717) is 0 Å². The summed E-state index contributed by atoms with van der Waals surface area (Å²) >= 11 is 1.86. The molecule has 7 aromatic carbocycles. The van der Waals surface area contributed by atoms with Crippen molar-refractivity contribution >= 4 is 81.3 Å². The second kappa shape index (κ2) is 9.59. The Morgan fingerprint density at radius 3 is 2.05 bits per heavy atom. The maximum Gasteiger partial charge on any atom is 0.159 e. The van der Waals surface area contributed by atoms with Crippen LogP contribution in [0.1, 0.15) is 0 Å². The Morgan fingerprint density at radius 1 is 0.465 bits per heavy atom. The number of rotatable bonds is 4. The zero-order valence-electron chi connectivity index (χ0n) is 23.2. The van der Waals surface area contributed by atoms with Crippen LogP contribution in [0.2, 0.25) is 0 Å². The van der Waals surface area contributed by atoms with Gasteiger partial charge in [-0.05, 0) is 70.4 Å². The Kier molecular flexibility index (Phi) is 5.40. The molecule has 9 aromatic rings. The average Bonchev–Trinajstić information content (AvgIpc) is 3.65. The van der Waals surface area contributed by atoms with Crippen molar-refractivity contribution in [3.8, 4) is 11.1 Å². The van der Waals surface area contributed by atoms with Crippen LogP contribution in [0.3, 0.4) is 0 Å². The smallest absolute Gasteiger partial charge is 0.159 e. The standard InChI is InChI=1S/C40H25NOS/c1-2-9-26(10-3-1)27-17-21-29(22-18-27)41(35-14-8-13-32-31-11-4-6-15-36(31)42-40(32)35)30-23-19-28-20-24-38-39(34(28)25-30)33-12-5-7-16-37(33)43-38/h1-25H. The number of benzene rings is 7. The van der Waals surface area contributed by atoms with Crippen LogP contribution in [-0.2, 0) is 0 Å². The van der Waals surface area contributed by atoms with Gasteiger partial charge in [0.2, 0.25) is 0 Å². The number of hydrogen-bond donors (Lipinski definition) is 0. The van der Waals surface area contributed by atoms with Crippen LogP contribution < -0.4 is 4.90 Å². The second-order valence-corrected chi connectivity index (χ2v) is 12.0. The van der Waals surface area contributed by atoms with Crippen molar-refractivity contribution in [2.75, 3.05) is 4.90 Å². The lowest BCUT2D eigenvalue weighted by molar-refractivity contribution is 0.669. The number of nitrogens with zero attached hydrogens (tertiary/aromatic N) is 1. The van der Waals surface area contributed by atoms with Gasteiger partial charge >= 0.3 is 0 Å². The third-order valence-corrected chi connectivity index (χ3v) is 9.59. The Labute approximate surface area is 252 Å². The SMILES string of the molecule is c1ccc(-c2ccc(N(c3ccc4ccc5sc6ccccc6c5c4c3)c3cccc4c3oc3ccccc34)cc2)cc1. The van der Waals surface area contributed by atoms with Gasteiger partial charge in [-0.25, -0.2) is 0 Å². The Balaban J connectivity index is 1.31. The van der Waals surface area contributed by atoms with E-state index in [9.17, 15) is 0 Å². The molecule has 0 aliphatic heterocycles. The fourth-order valence-corrected chi connectivity index (χ4v) is 7.56. The summed E-state index contributed by atoms with van der Waals surface area (Å²) < 4.78 is 9.19. The first kappa shape index (κ1) is 24.2. The van der Waals surface area contributed by atoms with Gasteiger partial charge in [0.25, 0.3) is 0 Å². The summed E-state index contributed by atoms with van der Waals surface area (Å²) in [6.07, 6.45) is 0. The predicted octanol–water partition coefficient (Wildman–Crippen LogP) is 12.2. The van der Waals surface area contributed by atoms with E-state index in [1.165, 1.54) is 42.1 Å². The largest absolute Gasteiger partial charge is 0.454 e. The van der Waals surface area contributed by atoms with E-state index in [1.54, 1.807) is 0 Å². The number of thiophene rings is 1. The zero-order chi connectivity index (χ0) is 28.3. The Hall–Kier alpha value is -5.38. The lowest BCUT2D eigenvalue weighted by Gasteiger charge is -2.26. The van der Waals surface area contributed by atoms with Crippen LogP contribution in [0.5, 0.6) is 0 Å². The van der Waals surface area contributed by atoms with E-state index in [1.807, 2.05) is 23.5 Å². The van der Waals surface area contributed by atoms with E-state index < -0.39 is 0 Å². The molecule has 0 unspecified atom stereocenters. The molecule has 0 atom stereocenters. The van der Waals surface area contributed by atoms with E-state index in [4.69, 9.17) is 4.42 Å². The third kappa shape index (κ3) is 3.86. The van der Waals surface area contributed by atoms with Gasteiger partial charge in [0.05, 0.1) is 5.69 Å². The summed E-state index contributed by atoms with van der Waals surface area (Å²) in [4.78, 5) is 2.34. The highest BCUT2D eigenvalue weighted by molar-refractivity contribution is 7.26. The first-order valence-electron chi connectivity index (χ1n) is 14.5. The van der Waals surface area contributed by atoms with Crippen LogP contribution in [0.15, 0.2) is 156 Å². The molecule has 2 aromatic heterocycles. The molecule has 2 heterocycles. The minimum absolute atomic E-state index is 0.884. The molecule has 0 saturated carbocycles. The van der Waals surface area contributed by atoms with Gasteiger partial charge < -0.3 is 9.32 Å². The van der Waals surface area contributed by atoms with Gasteiger partial charge in [-0.1, -0.05) is 103 Å².